The minimum Gasteiger partial charge on any atom is -0.340 e. The van der Waals surface area contributed by atoms with E-state index >= 15 is 0 Å². The highest BCUT2D eigenvalue weighted by atomic mass is 32.1. The van der Waals surface area contributed by atoms with Crippen LogP contribution in [0.4, 0.5) is 10.1 Å². The summed E-state index contributed by atoms with van der Waals surface area (Å²) < 4.78 is 13.4. The number of nitrogens with one attached hydrogen (secondary N) is 1. The van der Waals surface area contributed by atoms with Gasteiger partial charge >= 0.3 is 0 Å². The zero-order valence-corrected chi connectivity index (χ0v) is 13.7. The maximum absolute atomic E-state index is 13.4. The SMILES string of the molecule is CC[C@@](C)(NC(=O)c1cc(F)ccc1[N+](=O)[O-])c1nc(C)cs1. The largest absolute Gasteiger partial charge is 0.340 e. The molecular formula is C15H16FN3O3S. The van der Waals surface area contributed by atoms with Crippen LogP contribution in [0.2, 0.25) is 0 Å². The molecule has 8 heteroatoms. The number of hydrogen-bond donors (Lipinski definition) is 1. The molecule has 0 radical (unpaired) electrons. The van der Waals surface area contributed by atoms with E-state index in [2.05, 4.69) is 10.3 Å². The molecule has 0 aliphatic rings. The lowest BCUT2D eigenvalue weighted by molar-refractivity contribution is -0.385. The van der Waals surface area contributed by atoms with Crippen LogP contribution in [0.5, 0.6) is 0 Å². The molecule has 1 heterocycles. The maximum atomic E-state index is 13.4. The summed E-state index contributed by atoms with van der Waals surface area (Å²) in [6.45, 7) is 5.50. The first kappa shape index (κ1) is 17.0. The highest BCUT2D eigenvalue weighted by molar-refractivity contribution is 7.09. The number of amides is 1. The van der Waals surface area contributed by atoms with Gasteiger partial charge in [0, 0.05) is 17.1 Å². The van der Waals surface area contributed by atoms with E-state index in [0.29, 0.717) is 11.4 Å². The predicted octanol–water partition coefficient (Wildman–Crippen LogP) is 3.55. The molecule has 122 valence electrons. The smallest absolute Gasteiger partial charge is 0.282 e. The van der Waals surface area contributed by atoms with Gasteiger partial charge in [-0.2, -0.15) is 0 Å². The lowest BCUT2D eigenvalue weighted by Gasteiger charge is -2.27. The molecule has 0 saturated heterocycles. The summed E-state index contributed by atoms with van der Waals surface area (Å²) in [5.74, 6) is -1.41. The van der Waals surface area contributed by atoms with E-state index in [1.807, 2.05) is 19.2 Å². The molecule has 0 fully saturated rings. The predicted molar refractivity (Wildman–Crippen MR) is 85.0 cm³/mol. The quantitative estimate of drug-likeness (QED) is 0.668. The number of aryl methyl sites for hydroxylation is 1. The van der Waals surface area contributed by atoms with Crippen molar-refractivity contribution in [3.63, 3.8) is 0 Å². The number of carbonyl (C=O) groups excluding carboxylic acids is 1. The van der Waals surface area contributed by atoms with Crippen LogP contribution >= 0.6 is 11.3 Å². The first-order chi connectivity index (χ1) is 10.8. The standard InChI is InChI=1S/C15H16FN3O3S/c1-4-15(3,14-17-9(2)8-23-14)18-13(20)11-7-10(16)5-6-12(11)19(21)22/h5-8H,4H2,1-3H3,(H,18,20)/t15-/m1/s1. The molecule has 1 aromatic heterocycles. The van der Waals surface area contributed by atoms with E-state index in [1.165, 1.54) is 11.3 Å². The first-order valence-electron chi connectivity index (χ1n) is 6.96. The highest BCUT2D eigenvalue weighted by Gasteiger charge is 2.32. The van der Waals surface area contributed by atoms with E-state index < -0.39 is 27.9 Å². The Balaban J connectivity index is 2.37. The van der Waals surface area contributed by atoms with Gasteiger partial charge in [-0.15, -0.1) is 11.3 Å². The Morgan fingerprint density at radius 1 is 1.52 bits per heavy atom. The summed E-state index contributed by atoms with van der Waals surface area (Å²) in [5.41, 5.74) is -0.688. The molecule has 23 heavy (non-hydrogen) atoms. The Morgan fingerprint density at radius 2 is 2.22 bits per heavy atom. The third-order valence-electron chi connectivity index (χ3n) is 3.59. The van der Waals surface area contributed by atoms with Gasteiger partial charge in [-0.1, -0.05) is 6.92 Å². The van der Waals surface area contributed by atoms with Crippen molar-refractivity contribution >= 4 is 22.9 Å². The highest BCUT2D eigenvalue weighted by Crippen LogP contribution is 2.29. The zero-order valence-electron chi connectivity index (χ0n) is 12.9. The Hall–Kier alpha value is -2.35. The van der Waals surface area contributed by atoms with Gasteiger partial charge in [0.25, 0.3) is 11.6 Å². The van der Waals surface area contributed by atoms with Crippen LogP contribution in [0.3, 0.4) is 0 Å². The fourth-order valence-electron chi connectivity index (χ4n) is 2.07. The molecule has 1 amide bonds. The number of halogens is 1. The normalized spacial score (nSPS) is 13.4. The second-order valence-electron chi connectivity index (χ2n) is 5.35. The molecule has 1 aromatic carbocycles. The van der Waals surface area contributed by atoms with Crippen LogP contribution in [0.25, 0.3) is 0 Å². The van der Waals surface area contributed by atoms with Crippen LogP contribution in [0.15, 0.2) is 23.6 Å². The second kappa shape index (κ2) is 6.41. The van der Waals surface area contributed by atoms with Crippen molar-refractivity contribution in [3.8, 4) is 0 Å². The number of nitrogens with zero attached hydrogens (tertiary/aromatic N) is 2. The minimum atomic E-state index is -0.782. The van der Waals surface area contributed by atoms with Crippen LogP contribution in [0.1, 0.15) is 41.3 Å². The van der Waals surface area contributed by atoms with E-state index in [1.54, 1.807) is 6.92 Å². The first-order valence-corrected chi connectivity index (χ1v) is 7.84. The minimum absolute atomic E-state index is 0.303. The number of rotatable bonds is 5. The van der Waals surface area contributed by atoms with Crippen LogP contribution in [-0.4, -0.2) is 15.8 Å². The van der Waals surface area contributed by atoms with Gasteiger partial charge in [0.05, 0.1) is 10.5 Å². The topological polar surface area (TPSA) is 85.1 Å². The number of aromatic nitrogens is 1. The fourth-order valence-corrected chi connectivity index (χ4v) is 3.05. The van der Waals surface area contributed by atoms with Crippen molar-refractivity contribution in [2.45, 2.75) is 32.7 Å². The number of thiazole rings is 1. The van der Waals surface area contributed by atoms with Gasteiger partial charge in [0.1, 0.15) is 16.4 Å². The molecule has 0 aliphatic carbocycles. The third kappa shape index (κ3) is 3.53. The number of benzene rings is 1. The molecule has 0 unspecified atom stereocenters. The summed E-state index contributed by atoms with van der Waals surface area (Å²) in [7, 11) is 0. The Labute approximate surface area is 136 Å². The Bertz CT molecular complexity index is 762. The lowest BCUT2D eigenvalue weighted by atomic mass is 9.98. The molecule has 0 bridgehead atoms. The van der Waals surface area contributed by atoms with E-state index in [4.69, 9.17) is 0 Å². The van der Waals surface area contributed by atoms with Gasteiger partial charge in [0.15, 0.2) is 0 Å². The summed E-state index contributed by atoms with van der Waals surface area (Å²) in [4.78, 5) is 27.2. The maximum Gasteiger partial charge on any atom is 0.282 e. The van der Waals surface area contributed by atoms with Crippen LogP contribution in [0, 0.1) is 22.9 Å². The van der Waals surface area contributed by atoms with E-state index in [9.17, 15) is 19.3 Å². The summed E-state index contributed by atoms with van der Waals surface area (Å²) >= 11 is 1.40. The number of carbonyl (C=O) groups is 1. The van der Waals surface area contributed by atoms with Gasteiger partial charge < -0.3 is 5.32 Å². The summed E-state index contributed by atoms with van der Waals surface area (Å²) in [6, 6.07) is 2.82. The Kier molecular flexibility index (Phi) is 4.74. The average Bonchev–Trinajstić information content (AvgIpc) is 2.93. The van der Waals surface area contributed by atoms with E-state index in [0.717, 1.165) is 23.9 Å². The molecule has 1 N–H and O–H groups in total. The van der Waals surface area contributed by atoms with Crippen molar-refractivity contribution in [1.29, 1.82) is 0 Å². The molecule has 1 atom stereocenters. The van der Waals surface area contributed by atoms with Crippen molar-refractivity contribution in [2.75, 3.05) is 0 Å². The monoisotopic (exact) mass is 337 g/mol. The summed E-state index contributed by atoms with van der Waals surface area (Å²) in [6.07, 6.45) is 0.537. The number of nitro benzene ring substituents is 1. The van der Waals surface area contributed by atoms with Crippen LogP contribution in [-0.2, 0) is 5.54 Å². The lowest BCUT2D eigenvalue weighted by Crippen LogP contribution is -2.43. The van der Waals surface area contributed by atoms with Crippen molar-refractivity contribution < 1.29 is 14.1 Å². The van der Waals surface area contributed by atoms with Gasteiger partial charge in [-0.05, 0) is 32.4 Å². The second-order valence-corrected chi connectivity index (χ2v) is 6.21. The molecule has 0 spiro atoms. The summed E-state index contributed by atoms with van der Waals surface area (Å²) in [5, 5.41) is 16.3. The van der Waals surface area contributed by atoms with Crippen molar-refractivity contribution in [3.05, 3.63) is 55.8 Å². The van der Waals surface area contributed by atoms with Crippen molar-refractivity contribution in [2.24, 2.45) is 0 Å². The molecule has 0 aliphatic heterocycles. The van der Waals surface area contributed by atoms with Gasteiger partial charge in [-0.3, -0.25) is 14.9 Å². The van der Waals surface area contributed by atoms with Crippen molar-refractivity contribution in [1.82, 2.24) is 10.3 Å². The molecule has 2 rings (SSSR count). The Morgan fingerprint density at radius 3 is 2.74 bits per heavy atom. The molecular weight excluding hydrogens is 321 g/mol. The van der Waals surface area contributed by atoms with E-state index in [-0.39, 0.29) is 5.56 Å². The third-order valence-corrected chi connectivity index (χ3v) is 4.81. The zero-order chi connectivity index (χ0) is 17.2. The fraction of sp³-hybridized carbons (Fsp3) is 0.333. The molecule has 6 nitrogen and oxygen atoms in total. The number of nitro groups is 1. The number of hydrogen-bond acceptors (Lipinski definition) is 5. The van der Waals surface area contributed by atoms with Crippen LogP contribution < -0.4 is 5.32 Å². The van der Waals surface area contributed by atoms with Gasteiger partial charge in [-0.25, -0.2) is 9.37 Å². The van der Waals surface area contributed by atoms with Gasteiger partial charge in [0.2, 0.25) is 0 Å². The molecule has 2 aromatic rings. The average molecular weight is 337 g/mol. The molecule has 0 saturated carbocycles.